The third-order valence-electron chi connectivity index (χ3n) is 2.72. The second kappa shape index (κ2) is 5.40. The van der Waals surface area contributed by atoms with Gasteiger partial charge in [0.2, 0.25) is 0 Å². The molecule has 0 atom stereocenters. The molecule has 2 aromatic rings. The average Bonchev–Trinajstić information content (AvgIpc) is 2.32. The average molecular weight is 307 g/mol. The van der Waals surface area contributed by atoms with E-state index in [-0.39, 0.29) is 5.75 Å². The van der Waals surface area contributed by atoms with Crippen LogP contribution in [0.25, 0.3) is 0 Å². The lowest BCUT2D eigenvalue weighted by Gasteiger charge is -2.10. The van der Waals surface area contributed by atoms with E-state index in [0.29, 0.717) is 11.0 Å². The van der Waals surface area contributed by atoms with Gasteiger partial charge in [-0.3, -0.25) is 4.98 Å². The smallest absolute Gasteiger partial charge is 0.129 e. The van der Waals surface area contributed by atoms with Crippen molar-refractivity contribution in [3.05, 3.63) is 51.8 Å². The molecule has 2 N–H and O–H groups in total. The van der Waals surface area contributed by atoms with Crippen LogP contribution in [0.2, 0.25) is 0 Å². The van der Waals surface area contributed by atoms with E-state index in [9.17, 15) is 5.11 Å². The predicted molar refractivity (Wildman–Crippen MR) is 76.8 cm³/mol. The second-order valence-corrected chi connectivity index (χ2v) is 5.08. The second-order valence-electron chi connectivity index (χ2n) is 4.22. The highest BCUT2D eigenvalue weighted by atomic mass is 79.9. The Hall–Kier alpha value is -1.55. The van der Waals surface area contributed by atoms with Crippen LogP contribution in [0.1, 0.15) is 17.0 Å². The monoisotopic (exact) mass is 306 g/mol. The summed E-state index contributed by atoms with van der Waals surface area (Å²) in [5.74, 6) is 0.256. The molecular weight excluding hydrogens is 292 g/mol. The number of aryl methyl sites for hydroxylation is 2. The summed E-state index contributed by atoms with van der Waals surface area (Å²) in [4.78, 5) is 4.41. The van der Waals surface area contributed by atoms with E-state index in [4.69, 9.17) is 0 Å². The normalized spacial score (nSPS) is 10.4. The van der Waals surface area contributed by atoms with E-state index in [1.807, 2.05) is 38.1 Å². The molecule has 1 aromatic carbocycles. The summed E-state index contributed by atoms with van der Waals surface area (Å²) >= 11 is 3.31. The molecule has 0 aliphatic rings. The molecule has 0 saturated heterocycles. The number of anilines is 1. The van der Waals surface area contributed by atoms with Crippen LogP contribution in [-0.4, -0.2) is 10.1 Å². The minimum absolute atomic E-state index is 0.256. The van der Waals surface area contributed by atoms with Crippen molar-refractivity contribution in [2.24, 2.45) is 0 Å². The Bertz CT molecular complexity index is 570. The van der Waals surface area contributed by atoms with Crippen molar-refractivity contribution < 1.29 is 5.11 Å². The van der Waals surface area contributed by atoms with E-state index in [2.05, 4.69) is 26.2 Å². The van der Waals surface area contributed by atoms with E-state index in [1.54, 1.807) is 6.07 Å². The molecule has 0 fully saturated rings. The summed E-state index contributed by atoms with van der Waals surface area (Å²) in [7, 11) is 0. The van der Waals surface area contributed by atoms with Crippen LogP contribution < -0.4 is 5.32 Å². The number of halogens is 1. The van der Waals surface area contributed by atoms with Crippen LogP contribution in [0, 0.1) is 13.8 Å². The van der Waals surface area contributed by atoms with Gasteiger partial charge in [-0.1, -0.05) is 6.07 Å². The zero-order valence-corrected chi connectivity index (χ0v) is 12.0. The molecule has 3 nitrogen and oxygen atoms in total. The van der Waals surface area contributed by atoms with Crippen molar-refractivity contribution in [3.63, 3.8) is 0 Å². The zero-order chi connectivity index (χ0) is 13.1. The Morgan fingerprint density at radius 3 is 2.67 bits per heavy atom. The van der Waals surface area contributed by atoms with Gasteiger partial charge >= 0.3 is 0 Å². The first-order chi connectivity index (χ1) is 8.56. The molecule has 0 saturated carbocycles. The number of hydrogen-bond donors (Lipinski definition) is 2. The molecule has 94 valence electrons. The molecule has 1 aromatic heterocycles. The molecule has 18 heavy (non-hydrogen) atoms. The lowest BCUT2D eigenvalue weighted by molar-refractivity contribution is 0.471. The highest BCUT2D eigenvalue weighted by molar-refractivity contribution is 9.10. The maximum Gasteiger partial charge on any atom is 0.129 e. The number of hydrogen-bond acceptors (Lipinski definition) is 3. The number of benzene rings is 1. The van der Waals surface area contributed by atoms with Crippen LogP contribution in [0.5, 0.6) is 5.75 Å². The Morgan fingerprint density at radius 1 is 1.22 bits per heavy atom. The lowest BCUT2D eigenvalue weighted by Crippen LogP contribution is -2.02. The molecule has 0 spiro atoms. The van der Waals surface area contributed by atoms with Crippen molar-refractivity contribution in [3.8, 4) is 5.75 Å². The molecule has 0 unspecified atom stereocenters. The number of phenolic OH excluding ortho intramolecular Hbond substituents is 1. The fourth-order valence-electron chi connectivity index (χ4n) is 1.73. The molecule has 4 heteroatoms. The zero-order valence-electron chi connectivity index (χ0n) is 10.4. The van der Waals surface area contributed by atoms with Gasteiger partial charge in [-0.25, -0.2) is 0 Å². The van der Waals surface area contributed by atoms with Crippen molar-refractivity contribution in [2.45, 2.75) is 20.4 Å². The first kappa shape index (κ1) is 12.9. The molecule has 0 aliphatic heterocycles. The SMILES string of the molecule is Cc1ccc(NCc2ccc(O)c(Br)c2)c(C)n1. The van der Waals surface area contributed by atoms with Gasteiger partial charge in [0.15, 0.2) is 0 Å². The van der Waals surface area contributed by atoms with Crippen LogP contribution in [0.4, 0.5) is 5.69 Å². The van der Waals surface area contributed by atoms with Crippen molar-refractivity contribution in [1.82, 2.24) is 4.98 Å². The number of pyridine rings is 1. The van der Waals surface area contributed by atoms with Gasteiger partial charge < -0.3 is 10.4 Å². The van der Waals surface area contributed by atoms with Crippen LogP contribution in [0.3, 0.4) is 0 Å². The minimum atomic E-state index is 0.256. The van der Waals surface area contributed by atoms with Gasteiger partial charge in [0.05, 0.1) is 15.9 Å². The Balaban J connectivity index is 2.09. The number of aromatic nitrogens is 1. The Morgan fingerprint density at radius 2 is 2.00 bits per heavy atom. The standard InChI is InChI=1S/C14H15BrN2O/c1-9-3-5-13(10(2)17-9)16-8-11-4-6-14(18)12(15)7-11/h3-7,16,18H,8H2,1-2H3. The number of nitrogens with zero attached hydrogens (tertiary/aromatic N) is 1. The summed E-state index contributed by atoms with van der Waals surface area (Å²) in [5.41, 5.74) is 4.14. The van der Waals surface area contributed by atoms with Crippen molar-refractivity contribution >= 4 is 21.6 Å². The topological polar surface area (TPSA) is 45.1 Å². The number of aromatic hydroxyl groups is 1. The quantitative estimate of drug-likeness (QED) is 0.907. The molecular formula is C14H15BrN2O. The van der Waals surface area contributed by atoms with Crippen molar-refractivity contribution in [2.75, 3.05) is 5.32 Å². The highest BCUT2D eigenvalue weighted by Gasteiger charge is 2.02. The number of nitrogens with one attached hydrogen (secondary N) is 1. The van der Waals surface area contributed by atoms with Gasteiger partial charge in [-0.05, 0) is 59.6 Å². The Kier molecular flexibility index (Phi) is 3.87. The summed E-state index contributed by atoms with van der Waals surface area (Å²) in [6.45, 7) is 4.67. The fraction of sp³-hybridized carbons (Fsp3) is 0.214. The van der Waals surface area contributed by atoms with Gasteiger partial charge in [-0.15, -0.1) is 0 Å². The molecule has 2 rings (SSSR count). The third kappa shape index (κ3) is 3.01. The minimum Gasteiger partial charge on any atom is -0.507 e. The molecule has 0 aliphatic carbocycles. The van der Waals surface area contributed by atoms with E-state index < -0.39 is 0 Å². The van der Waals surface area contributed by atoms with Gasteiger partial charge in [0.25, 0.3) is 0 Å². The van der Waals surface area contributed by atoms with Crippen LogP contribution >= 0.6 is 15.9 Å². The van der Waals surface area contributed by atoms with E-state index in [1.165, 1.54) is 0 Å². The molecule has 0 amide bonds. The maximum absolute atomic E-state index is 9.43. The van der Waals surface area contributed by atoms with E-state index in [0.717, 1.165) is 22.6 Å². The third-order valence-corrected chi connectivity index (χ3v) is 3.36. The van der Waals surface area contributed by atoms with Gasteiger partial charge in [0.1, 0.15) is 5.75 Å². The van der Waals surface area contributed by atoms with Crippen molar-refractivity contribution in [1.29, 1.82) is 0 Å². The van der Waals surface area contributed by atoms with Gasteiger partial charge in [0, 0.05) is 12.2 Å². The highest BCUT2D eigenvalue weighted by Crippen LogP contribution is 2.24. The molecule has 0 radical (unpaired) electrons. The summed E-state index contributed by atoms with van der Waals surface area (Å²) < 4.78 is 0.709. The predicted octanol–water partition coefficient (Wildman–Crippen LogP) is 3.78. The largest absolute Gasteiger partial charge is 0.507 e. The summed E-state index contributed by atoms with van der Waals surface area (Å²) in [5, 5.41) is 12.8. The molecule has 0 bridgehead atoms. The Labute approximate surface area is 115 Å². The number of rotatable bonds is 3. The maximum atomic E-state index is 9.43. The first-order valence-corrected chi connectivity index (χ1v) is 6.51. The van der Waals surface area contributed by atoms with E-state index >= 15 is 0 Å². The summed E-state index contributed by atoms with van der Waals surface area (Å²) in [6.07, 6.45) is 0. The van der Waals surface area contributed by atoms with Crippen LogP contribution in [0.15, 0.2) is 34.8 Å². The molecule has 1 heterocycles. The summed E-state index contributed by atoms with van der Waals surface area (Å²) in [6, 6.07) is 9.50. The first-order valence-electron chi connectivity index (χ1n) is 5.72. The fourth-order valence-corrected chi connectivity index (χ4v) is 2.16. The van der Waals surface area contributed by atoms with Crippen LogP contribution in [-0.2, 0) is 6.54 Å². The van der Waals surface area contributed by atoms with Gasteiger partial charge in [-0.2, -0.15) is 0 Å². The number of phenols is 1. The lowest BCUT2D eigenvalue weighted by atomic mass is 10.2.